The highest BCUT2D eigenvalue weighted by Crippen LogP contribution is 2.18. The van der Waals surface area contributed by atoms with Crippen molar-refractivity contribution < 1.29 is 22.7 Å². The van der Waals surface area contributed by atoms with Crippen molar-refractivity contribution in [3.8, 4) is 5.75 Å². The van der Waals surface area contributed by atoms with E-state index >= 15 is 0 Å². The maximum atomic E-state index is 12.5. The second kappa shape index (κ2) is 7.31. The Morgan fingerprint density at radius 3 is 2.29 bits per heavy atom. The Balaban J connectivity index is 2.12. The minimum Gasteiger partial charge on any atom is -0.497 e. The number of methoxy groups -OCH3 is 1. The number of carbonyl (C=O) groups excluding carboxylic acids is 2. The average molecular weight is 354 g/mol. The Kier molecular flexibility index (Phi) is 5.61. The van der Waals surface area contributed by atoms with E-state index in [2.05, 4.69) is 10.0 Å². The summed E-state index contributed by atoms with van der Waals surface area (Å²) in [5.41, 5.74) is 0. The van der Waals surface area contributed by atoms with Crippen molar-refractivity contribution >= 4 is 21.7 Å². The summed E-state index contributed by atoms with van der Waals surface area (Å²) in [7, 11) is -2.38. The minimum absolute atomic E-state index is 0.0242. The second-order valence-corrected chi connectivity index (χ2v) is 7.80. The number of ketones is 1. The Morgan fingerprint density at radius 2 is 1.88 bits per heavy atom. The number of carbonyl (C=O) groups is 2. The van der Waals surface area contributed by atoms with Gasteiger partial charge in [-0.2, -0.15) is 4.72 Å². The highest BCUT2D eigenvalue weighted by atomic mass is 32.2. The fourth-order valence-corrected chi connectivity index (χ4v) is 3.65. The molecule has 132 valence electrons. The molecule has 0 bridgehead atoms. The van der Waals surface area contributed by atoms with Crippen molar-refractivity contribution in [1.82, 2.24) is 10.0 Å². The zero-order valence-corrected chi connectivity index (χ0v) is 14.7. The first-order chi connectivity index (χ1) is 11.2. The molecule has 0 saturated heterocycles. The lowest BCUT2D eigenvalue weighted by Crippen LogP contribution is -2.55. The van der Waals surface area contributed by atoms with Crippen LogP contribution in [-0.4, -0.2) is 39.3 Å². The first kappa shape index (κ1) is 18.4. The molecule has 1 aliphatic rings. The summed E-state index contributed by atoms with van der Waals surface area (Å²) >= 11 is 0. The lowest BCUT2D eigenvalue weighted by molar-refractivity contribution is -0.133. The van der Waals surface area contributed by atoms with E-state index < -0.39 is 28.0 Å². The number of sulfonamides is 1. The maximum Gasteiger partial charge on any atom is 0.241 e. The summed E-state index contributed by atoms with van der Waals surface area (Å²) in [5.74, 6) is -0.243. The highest BCUT2D eigenvalue weighted by molar-refractivity contribution is 7.89. The van der Waals surface area contributed by atoms with Crippen LogP contribution in [0.25, 0.3) is 0 Å². The molecule has 7 nitrogen and oxygen atoms in total. The Hall–Kier alpha value is -1.93. The predicted molar refractivity (Wildman–Crippen MR) is 88.1 cm³/mol. The molecule has 0 aliphatic heterocycles. The number of ether oxygens (including phenoxy) is 1. The van der Waals surface area contributed by atoms with Crippen LogP contribution in [0.2, 0.25) is 0 Å². The summed E-state index contributed by atoms with van der Waals surface area (Å²) in [5, 5.41) is 2.60. The molecule has 1 unspecified atom stereocenters. The van der Waals surface area contributed by atoms with Crippen molar-refractivity contribution in [1.29, 1.82) is 0 Å². The highest BCUT2D eigenvalue weighted by Gasteiger charge is 2.34. The fourth-order valence-electron chi connectivity index (χ4n) is 2.30. The van der Waals surface area contributed by atoms with Crippen LogP contribution in [0.4, 0.5) is 0 Å². The van der Waals surface area contributed by atoms with Gasteiger partial charge in [-0.05, 0) is 36.6 Å². The van der Waals surface area contributed by atoms with Crippen LogP contribution in [0.1, 0.15) is 26.7 Å². The maximum absolute atomic E-state index is 12.5. The van der Waals surface area contributed by atoms with E-state index in [1.165, 1.54) is 31.4 Å². The molecule has 1 aromatic carbocycles. The molecular formula is C16H22N2O5S. The Bertz CT molecular complexity index is 712. The Labute approximate surface area is 141 Å². The van der Waals surface area contributed by atoms with E-state index in [9.17, 15) is 18.0 Å². The molecule has 1 fully saturated rings. The molecule has 2 atom stereocenters. The summed E-state index contributed by atoms with van der Waals surface area (Å²) in [4.78, 5) is 23.7. The molecule has 0 spiro atoms. The molecule has 1 amide bonds. The zero-order valence-electron chi connectivity index (χ0n) is 13.9. The van der Waals surface area contributed by atoms with E-state index in [4.69, 9.17) is 4.74 Å². The number of amides is 1. The second-order valence-electron chi connectivity index (χ2n) is 6.08. The van der Waals surface area contributed by atoms with Gasteiger partial charge in [-0.25, -0.2) is 8.42 Å². The number of hydrogen-bond acceptors (Lipinski definition) is 5. The zero-order chi connectivity index (χ0) is 17.9. The van der Waals surface area contributed by atoms with Crippen LogP contribution in [0.15, 0.2) is 29.2 Å². The quantitative estimate of drug-likeness (QED) is 0.756. The van der Waals surface area contributed by atoms with Gasteiger partial charge in [0.1, 0.15) is 11.8 Å². The van der Waals surface area contributed by atoms with Crippen LogP contribution in [-0.2, 0) is 19.6 Å². The SMILES string of the molecule is COc1ccc(S(=O)(=O)N[C@@H](C(=O)NC2CCC2=O)C(C)C)cc1. The molecule has 1 aliphatic carbocycles. The van der Waals surface area contributed by atoms with Gasteiger partial charge in [-0.3, -0.25) is 9.59 Å². The number of Topliss-reactive ketones (excluding diaryl/α,β-unsaturated/α-hetero) is 1. The topological polar surface area (TPSA) is 102 Å². The first-order valence-electron chi connectivity index (χ1n) is 7.74. The smallest absolute Gasteiger partial charge is 0.241 e. The molecular weight excluding hydrogens is 332 g/mol. The third kappa shape index (κ3) is 4.12. The normalized spacial score (nSPS) is 18.8. The number of benzene rings is 1. The standard InChI is InChI=1S/C16H22N2O5S/c1-10(2)15(16(20)17-13-8-9-14(13)19)18-24(21,22)12-6-4-11(23-3)5-7-12/h4-7,10,13,15,18H,8-9H2,1-3H3,(H,17,20)/t13?,15-/m1/s1. The third-order valence-corrected chi connectivity index (χ3v) is 5.44. The van der Waals surface area contributed by atoms with Gasteiger partial charge in [0.2, 0.25) is 15.9 Å². The molecule has 2 N–H and O–H groups in total. The molecule has 8 heteroatoms. The van der Waals surface area contributed by atoms with Crippen LogP contribution in [0.5, 0.6) is 5.75 Å². The van der Waals surface area contributed by atoms with Crippen molar-refractivity contribution in [3.63, 3.8) is 0 Å². The molecule has 2 rings (SSSR count). The molecule has 24 heavy (non-hydrogen) atoms. The van der Waals surface area contributed by atoms with Crippen LogP contribution in [0.3, 0.4) is 0 Å². The van der Waals surface area contributed by atoms with Crippen LogP contribution in [0, 0.1) is 5.92 Å². The van der Waals surface area contributed by atoms with E-state index in [1.54, 1.807) is 13.8 Å². The van der Waals surface area contributed by atoms with E-state index in [-0.39, 0.29) is 16.6 Å². The van der Waals surface area contributed by atoms with Gasteiger partial charge in [0.15, 0.2) is 5.78 Å². The summed E-state index contributed by atoms with van der Waals surface area (Å²) in [6, 6.07) is 4.44. The average Bonchev–Trinajstić information content (AvgIpc) is 2.55. The van der Waals surface area contributed by atoms with Crippen molar-refractivity contribution in [2.75, 3.05) is 7.11 Å². The van der Waals surface area contributed by atoms with Crippen molar-refractivity contribution in [2.24, 2.45) is 5.92 Å². The van der Waals surface area contributed by atoms with Gasteiger partial charge < -0.3 is 10.1 Å². The first-order valence-corrected chi connectivity index (χ1v) is 9.22. The molecule has 0 radical (unpaired) electrons. The van der Waals surface area contributed by atoms with E-state index in [0.717, 1.165) is 0 Å². The number of hydrogen-bond donors (Lipinski definition) is 2. The lowest BCUT2D eigenvalue weighted by atomic mass is 9.90. The van der Waals surface area contributed by atoms with Gasteiger partial charge >= 0.3 is 0 Å². The molecule has 0 aromatic heterocycles. The summed E-state index contributed by atoms with van der Waals surface area (Å²) < 4.78 is 32.4. The number of nitrogens with one attached hydrogen (secondary N) is 2. The van der Waals surface area contributed by atoms with Gasteiger partial charge in [-0.15, -0.1) is 0 Å². The molecule has 0 heterocycles. The van der Waals surface area contributed by atoms with E-state index in [0.29, 0.717) is 18.6 Å². The van der Waals surface area contributed by atoms with E-state index in [1.807, 2.05) is 0 Å². The predicted octanol–water partition coefficient (Wildman–Crippen LogP) is 0.846. The monoisotopic (exact) mass is 354 g/mol. The van der Waals surface area contributed by atoms with Crippen molar-refractivity contribution in [3.05, 3.63) is 24.3 Å². The number of rotatable bonds is 7. The largest absolute Gasteiger partial charge is 0.497 e. The minimum atomic E-state index is -3.86. The molecule has 1 aromatic rings. The van der Waals surface area contributed by atoms with Crippen LogP contribution >= 0.6 is 0 Å². The third-order valence-electron chi connectivity index (χ3n) is 3.99. The lowest BCUT2D eigenvalue weighted by Gasteiger charge is -2.28. The van der Waals surface area contributed by atoms with Crippen LogP contribution < -0.4 is 14.8 Å². The fraction of sp³-hybridized carbons (Fsp3) is 0.500. The molecule has 1 saturated carbocycles. The summed E-state index contributed by atoms with van der Waals surface area (Å²) in [6.07, 6.45) is 1.05. The van der Waals surface area contributed by atoms with Gasteiger partial charge in [0.05, 0.1) is 18.0 Å². The Morgan fingerprint density at radius 1 is 1.25 bits per heavy atom. The summed E-state index contributed by atoms with van der Waals surface area (Å²) in [6.45, 7) is 3.48. The van der Waals surface area contributed by atoms with Gasteiger partial charge in [-0.1, -0.05) is 13.8 Å². The van der Waals surface area contributed by atoms with Gasteiger partial charge in [0.25, 0.3) is 0 Å². The van der Waals surface area contributed by atoms with Crippen molar-refractivity contribution in [2.45, 2.75) is 43.7 Å². The van der Waals surface area contributed by atoms with Gasteiger partial charge in [0, 0.05) is 6.42 Å².